The van der Waals surface area contributed by atoms with Crippen molar-refractivity contribution in [2.75, 3.05) is 38.3 Å². The average molecular weight is 596 g/mol. The lowest BCUT2D eigenvalue weighted by Crippen LogP contribution is -2.49. The number of sulfonamides is 1. The number of aliphatic hydroxyl groups is 1. The van der Waals surface area contributed by atoms with Gasteiger partial charge in [-0.2, -0.15) is 0 Å². The number of carbonyl (C=O) groups is 1. The van der Waals surface area contributed by atoms with Gasteiger partial charge in [-0.15, -0.1) is 0 Å². The molecule has 2 N–H and O–H groups in total. The standard InChI is InChI=1S/C31H37N3O7S/c1-20-5-9-25(10-6-20)42(37,38)32-24-8-12-27-26(14-24)31(36)34(22(3)18-35)15-21(2)30(41-27)17-33(4)16-23-7-11-28-29(13-23)40-19-39-28/h5-14,21-22,30,32,35H,15-19H2,1-4H3/t21-,22+,30-/m1/s1. The van der Waals surface area contributed by atoms with E-state index in [4.69, 9.17) is 14.2 Å². The van der Waals surface area contributed by atoms with Gasteiger partial charge in [-0.25, -0.2) is 8.42 Å². The fourth-order valence-electron chi connectivity index (χ4n) is 5.16. The molecule has 3 aromatic carbocycles. The summed E-state index contributed by atoms with van der Waals surface area (Å²) in [6.07, 6.45) is -0.292. The lowest BCUT2D eigenvalue weighted by atomic mass is 9.99. The number of hydrogen-bond donors (Lipinski definition) is 2. The zero-order chi connectivity index (χ0) is 30.0. The molecule has 0 aromatic heterocycles. The summed E-state index contributed by atoms with van der Waals surface area (Å²) in [4.78, 5) is 17.6. The summed E-state index contributed by atoms with van der Waals surface area (Å²) >= 11 is 0. The van der Waals surface area contributed by atoms with Crippen LogP contribution in [0.25, 0.3) is 0 Å². The van der Waals surface area contributed by atoms with E-state index in [-0.39, 0.29) is 47.5 Å². The highest BCUT2D eigenvalue weighted by Gasteiger charge is 2.34. The molecule has 5 rings (SSSR count). The summed E-state index contributed by atoms with van der Waals surface area (Å²) in [5.74, 6) is 1.43. The van der Waals surface area contributed by atoms with Crippen LogP contribution in [-0.4, -0.2) is 74.9 Å². The number of aryl methyl sites for hydroxylation is 1. The van der Waals surface area contributed by atoms with Crippen LogP contribution in [0.1, 0.15) is 35.3 Å². The van der Waals surface area contributed by atoms with E-state index in [1.54, 1.807) is 36.1 Å². The van der Waals surface area contributed by atoms with Crippen LogP contribution in [0.4, 0.5) is 5.69 Å². The molecule has 0 unspecified atom stereocenters. The number of rotatable bonds is 9. The van der Waals surface area contributed by atoms with Crippen molar-refractivity contribution in [3.05, 3.63) is 77.4 Å². The number of amides is 1. The van der Waals surface area contributed by atoms with Gasteiger partial charge in [-0.05, 0) is 68.9 Å². The van der Waals surface area contributed by atoms with Gasteiger partial charge in [0.15, 0.2) is 11.5 Å². The maximum atomic E-state index is 13.7. The molecule has 1 amide bonds. The second kappa shape index (κ2) is 12.2. The van der Waals surface area contributed by atoms with Crippen molar-refractivity contribution >= 4 is 21.6 Å². The first kappa shape index (κ1) is 29.7. The lowest BCUT2D eigenvalue weighted by molar-refractivity contribution is 0.0341. The quantitative estimate of drug-likeness (QED) is 0.383. The third-order valence-corrected chi connectivity index (χ3v) is 9.03. The smallest absolute Gasteiger partial charge is 0.261 e. The van der Waals surface area contributed by atoms with Crippen molar-refractivity contribution in [2.24, 2.45) is 5.92 Å². The Morgan fingerprint density at radius 2 is 1.76 bits per heavy atom. The zero-order valence-corrected chi connectivity index (χ0v) is 25.1. The highest BCUT2D eigenvalue weighted by Crippen LogP contribution is 2.34. The monoisotopic (exact) mass is 595 g/mol. The molecule has 0 aliphatic carbocycles. The predicted octanol–water partition coefficient (Wildman–Crippen LogP) is 3.88. The van der Waals surface area contributed by atoms with Crippen LogP contribution in [0.15, 0.2) is 65.6 Å². The molecule has 42 heavy (non-hydrogen) atoms. The Bertz CT molecular complexity index is 1540. The summed E-state index contributed by atoms with van der Waals surface area (Å²) in [6.45, 7) is 7.28. The second-order valence-corrected chi connectivity index (χ2v) is 12.8. The SMILES string of the molecule is Cc1ccc(S(=O)(=O)Nc2ccc3c(c2)C(=O)N([C@@H](C)CO)C[C@@H](C)[C@@H](CN(C)Cc2ccc4c(c2)OCO4)O3)cc1. The summed E-state index contributed by atoms with van der Waals surface area (Å²) < 4.78 is 46.1. The molecule has 2 aliphatic heterocycles. The van der Waals surface area contributed by atoms with E-state index in [1.165, 1.54) is 18.2 Å². The number of nitrogens with zero attached hydrogens (tertiary/aromatic N) is 2. The highest BCUT2D eigenvalue weighted by atomic mass is 32.2. The number of fused-ring (bicyclic) bond motifs is 2. The normalized spacial score (nSPS) is 19.1. The zero-order valence-electron chi connectivity index (χ0n) is 24.2. The van der Waals surface area contributed by atoms with Crippen molar-refractivity contribution in [3.63, 3.8) is 0 Å². The van der Waals surface area contributed by atoms with E-state index in [0.29, 0.717) is 25.4 Å². The van der Waals surface area contributed by atoms with Gasteiger partial charge < -0.3 is 24.2 Å². The van der Waals surface area contributed by atoms with Gasteiger partial charge in [0.05, 0.1) is 23.1 Å². The topological polar surface area (TPSA) is 118 Å². The summed E-state index contributed by atoms with van der Waals surface area (Å²) in [5.41, 5.74) is 2.49. The van der Waals surface area contributed by atoms with Gasteiger partial charge in [0.2, 0.25) is 6.79 Å². The first-order valence-corrected chi connectivity index (χ1v) is 15.4. The van der Waals surface area contributed by atoms with E-state index < -0.39 is 16.1 Å². The van der Waals surface area contributed by atoms with Gasteiger partial charge in [0, 0.05) is 31.2 Å². The summed E-state index contributed by atoms with van der Waals surface area (Å²) in [5, 5.41) is 9.95. The first-order chi connectivity index (χ1) is 20.0. The molecule has 224 valence electrons. The van der Waals surface area contributed by atoms with E-state index in [1.807, 2.05) is 39.1 Å². The largest absolute Gasteiger partial charge is 0.488 e. The molecule has 2 aliphatic rings. The third kappa shape index (κ3) is 6.48. The molecule has 0 bridgehead atoms. The molecular weight excluding hydrogens is 558 g/mol. The van der Waals surface area contributed by atoms with Gasteiger partial charge in [-0.3, -0.25) is 14.4 Å². The van der Waals surface area contributed by atoms with Gasteiger partial charge in [-0.1, -0.05) is 30.7 Å². The molecule has 0 spiro atoms. The highest BCUT2D eigenvalue weighted by molar-refractivity contribution is 7.92. The molecule has 0 fully saturated rings. The summed E-state index contributed by atoms with van der Waals surface area (Å²) in [7, 11) is -1.87. The minimum absolute atomic E-state index is 0.0602. The van der Waals surface area contributed by atoms with Crippen LogP contribution in [-0.2, 0) is 16.6 Å². The van der Waals surface area contributed by atoms with E-state index in [2.05, 4.69) is 9.62 Å². The minimum Gasteiger partial charge on any atom is -0.488 e. The Labute approximate surface area is 246 Å². The minimum atomic E-state index is -3.87. The number of benzene rings is 3. The maximum Gasteiger partial charge on any atom is 0.261 e. The van der Waals surface area contributed by atoms with Crippen LogP contribution in [0.2, 0.25) is 0 Å². The number of ether oxygens (including phenoxy) is 3. The Hall–Kier alpha value is -3.80. The van der Waals surface area contributed by atoms with Crippen LogP contribution in [0.5, 0.6) is 17.2 Å². The molecule has 0 saturated heterocycles. The van der Waals surface area contributed by atoms with E-state index in [0.717, 1.165) is 22.6 Å². The second-order valence-electron chi connectivity index (χ2n) is 11.1. The molecule has 3 aromatic rings. The van der Waals surface area contributed by atoms with Crippen LogP contribution >= 0.6 is 0 Å². The summed E-state index contributed by atoms with van der Waals surface area (Å²) in [6, 6.07) is 16.7. The molecule has 0 saturated carbocycles. The number of likely N-dealkylation sites (N-methyl/N-ethyl adjacent to an activating group) is 1. The maximum absolute atomic E-state index is 13.7. The number of anilines is 1. The number of aliphatic hydroxyl groups excluding tert-OH is 1. The van der Waals surface area contributed by atoms with E-state index in [9.17, 15) is 18.3 Å². The van der Waals surface area contributed by atoms with Crippen LogP contribution in [0.3, 0.4) is 0 Å². The Morgan fingerprint density at radius 3 is 2.50 bits per heavy atom. The molecular formula is C31H37N3O7S. The molecule has 3 atom stereocenters. The predicted molar refractivity (Wildman–Crippen MR) is 158 cm³/mol. The lowest BCUT2D eigenvalue weighted by Gasteiger charge is -2.38. The van der Waals surface area contributed by atoms with Gasteiger partial charge in [0.25, 0.3) is 15.9 Å². The van der Waals surface area contributed by atoms with Crippen molar-refractivity contribution in [3.8, 4) is 17.2 Å². The Balaban J connectivity index is 1.40. The van der Waals surface area contributed by atoms with Crippen LogP contribution < -0.4 is 18.9 Å². The Kier molecular flexibility index (Phi) is 8.63. The van der Waals surface area contributed by atoms with Crippen molar-refractivity contribution in [2.45, 2.75) is 44.4 Å². The number of nitrogens with one attached hydrogen (secondary N) is 1. The van der Waals surface area contributed by atoms with Crippen molar-refractivity contribution in [1.29, 1.82) is 0 Å². The van der Waals surface area contributed by atoms with Gasteiger partial charge >= 0.3 is 0 Å². The fraction of sp³-hybridized carbons (Fsp3) is 0.387. The number of hydrogen-bond acceptors (Lipinski definition) is 8. The third-order valence-electron chi connectivity index (χ3n) is 7.63. The average Bonchev–Trinajstić information content (AvgIpc) is 3.43. The first-order valence-electron chi connectivity index (χ1n) is 13.9. The van der Waals surface area contributed by atoms with Crippen LogP contribution in [0, 0.1) is 12.8 Å². The molecule has 0 radical (unpaired) electrons. The molecule has 2 heterocycles. The Morgan fingerprint density at radius 1 is 1.05 bits per heavy atom. The molecule has 11 heteroatoms. The van der Waals surface area contributed by atoms with E-state index >= 15 is 0 Å². The van der Waals surface area contributed by atoms with Gasteiger partial charge in [0.1, 0.15) is 11.9 Å². The molecule has 10 nitrogen and oxygen atoms in total. The number of carbonyl (C=O) groups excluding carboxylic acids is 1. The van der Waals surface area contributed by atoms with Crippen molar-refractivity contribution in [1.82, 2.24) is 9.80 Å². The fourth-order valence-corrected chi connectivity index (χ4v) is 6.21. The van der Waals surface area contributed by atoms with Crippen molar-refractivity contribution < 1.29 is 32.5 Å².